The molecule has 2 fully saturated rings. The van der Waals surface area contributed by atoms with Crippen LogP contribution >= 0.6 is 0 Å². The smallest absolute Gasteiger partial charge is 0.335 e. The van der Waals surface area contributed by atoms with E-state index in [0.717, 1.165) is 66.5 Å². The van der Waals surface area contributed by atoms with Gasteiger partial charge in [-0.25, -0.2) is 14.7 Å². The summed E-state index contributed by atoms with van der Waals surface area (Å²) < 4.78 is 5.97. The monoisotopic (exact) mass is 693 g/mol. The molecule has 3 amide bonds. The van der Waals surface area contributed by atoms with Crippen LogP contribution in [0.2, 0.25) is 0 Å². The predicted octanol–water partition coefficient (Wildman–Crippen LogP) is 5.98. The molecule has 3 aliphatic heterocycles. The number of amides is 3. The third-order valence-electron chi connectivity index (χ3n) is 10.1. The zero-order valence-corrected chi connectivity index (χ0v) is 31.1. The number of urea groups is 1. The van der Waals surface area contributed by atoms with E-state index in [0.29, 0.717) is 55.9 Å². The van der Waals surface area contributed by atoms with Crippen molar-refractivity contribution in [1.82, 2.24) is 29.6 Å². The van der Waals surface area contributed by atoms with Crippen LogP contribution in [0.5, 0.6) is 5.75 Å². The third-order valence-corrected chi connectivity index (χ3v) is 10.1. The van der Waals surface area contributed by atoms with Crippen molar-refractivity contribution in [2.75, 3.05) is 81.6 Å². The van der Waals surface area contributed by atoms with E-state index < -0.39 is 0 Å². The number of carbonyl (C=O) groups excluding carboxylic acids is 2. The molecule has 0 radical (unpaired) electrons. The number of rotatable bonds is 9. The maximum atomic E-state index is 14.7. The molecule has 0 bridgehead atoms. The number of nitrogens with zero attached hydrogens (tertiary/aromatic N) is 8. The van der Waals surface area contributed by atoms with Crippen LogP contribution in [0, 0.1) is 0 Å². The summed E-state index contributed by atoms with van der Waals surface area (Å²) in [5, 5.41) is 3.37. The Labute approximate surface area is 302 Å². The molecule has 270 valence electrons. The molecule has 2 saturated heterocycles. The quantitative estimate of drug-likeness (QED) is 0.272. The number of likely N-dealkylation sites (N-methyl/N-ethyl adjacent to an activating group) is 1. The Morgan fingerprint density at radius 1 is 0.941 bits per heavy atom. The number of allylic oxidation sites excluding steroid dienone is 3. The van der Waals surface area contributed by atoms with E-state index in [1.165, 1.54) is 5.56 Å². The highest BCUT2D eigenvalue weighted by molar-refractivity contribution is 6.03. The number of piperazine rings is 2. The molecule has 1 aromatic heterocycles. The lowest BCUT2D eigenvalue weighted by molar-refractivity contribution is -0.129. The number of methoxy groups -OCH3 is 1. The lowest BCUT2D eigenvalue weighted by Crippen LogP contribution is -2.48. The molecule has 0 atom stereocenters. The fourth-order valence-electron chi connectivity index (χ4n) is 7.03. The molecule has 1 N–H and O–H groups in total. The van der Waals surface area contributed by atoms with E-state index >= 15 is 0 Å². The van der Waals surface area contributed by atoms with Crippen molar-refractivity contribution in [3.05, 3.63) is 82.7 Å². The molecule has 12 heteroatoms. The van der Waals surface area contributed by atoms with Gasteiger partial charge >= 0.3 is 6.03 Å². The van der Waals surface area contributed by atoms with Gasteiger partial charge in [-0.2, -0.15) is 4.98 Å². The second-order valence-corrected chi connectivity index (χ2v) is 13.8. The van der Waals surface area contributed by atoms with E-state index in [1.807, 2.05) is 63.1 Å². The van der Waals surface area contributed by atoms with E-state index in [1.54, 1.807) is 23.8 Å². The van der Waals surface area contributed by atoms with Crippen molar-refractivity contribution in [2.45, 2.75) is 47.7 Å². The summed E-state index contributed by atoms with van der Waals surface area (Å²) >= 11 is 0. The standard InChI is InChI=1S/C39H51N9O3/c1-8-28(4)36(27(2)3)47-26-31-24-40-38(41-32-11-9-30(10-12-32)25-44-17-15-43(6)16-18-44)42-37(31)48(39(47)50)34-14-13-33(23-35(34)51-7)46-21-19-45(20-22-46)29(5)49/h8-14,23-24H,15-22,25-26H2,1-7H3,(H,40,41,42)/b28-8-. The van der Waals surface area contributed by atoms with Gasteiger partial charge in [-0.1, -0.05) is 23.8 Å². The topological polar surface area (TPSA) is 101 Å². The highest BCUT2D eigenvalue weighted by Crippen LogP contribution is 2.42. The van der Waals surface area contributed by atoms with Gasteiger partial charge in [0.2, 0.25) is 11.9 Å². The number of hydrogen-bond donors (Lipinski definition) is 1. The van der Waals surface area contributed by atoms with Crippen LogP contribution in [0.3, 0.4) is 0 Å². The highest BCUT2D eigenvalue weighted by Gasteiger charge is 2.37. The number of hydrogen-bond acceptors (Lipinski definition) is 9. The average molecular weight is 694 g/mol. The normalized spacial score (nSPS) is 17.4. The summed E-state index contributed by atoms with van der Waals surface area (Å²) in [6.07, 6.45) is 3.83. The molecule has 12 nitrogen and oxygen atoms in total. The minimum Gasteiger partial charge on any atom is -0.494 e. The number of anilines is 5. The van der Waals surface area contributed by atoms with Crippen molar-refractivity contribution in [1.29, 1.82) is 0 Å². The van der Waals surface area contributed by atoms with Crippen LogP contribution in [0.4, 0.5) is 33.6 Å². The SMILES string of the molecule is C/C=C(/C)C(=C(C)C)N1Cc2cnc(Nc3ccc(CN4CCN(C)CC4)cc3)nc2N(c2ccc(N3CCN(C(C)=O)CC3)cc2OC)C1=O. The summed E-state index contributed by atoms with van der Waals surface area (Å²) in [5.41, 5.74) is 7.41. The molecule has 51 heavy (non-hydrogen) atoms. The largest absolute Gasteiger partial charge is 0.494 e. The average Bonchev–Trinajstić information content (AvgIpc) is 3.13. The Kier molecular flexibility index (Phi) is 10.9. The van der Waals surface area contributed by atoms with Crippen molar-refractivity contribution in [3.8, 4) is 5.75 Å². The lowest BCUT2D eigenvalue weighted by Gasteiger charge is -2.39. The van der Waals surface area contributed by atoms with Crippen LogP contribution in [0.1, 0.15) is 45.7 Å². The zero-order chi connectivity index (χ0) is 36.2. The fourth-order valence-corrected chi connectivity index (χ4v) is 7.03. The number of ether oxygens (including phenoxy) is 1. The van der Waals surface area contributed by atoms with Crippen LogP contribution in [-0.2, 0) is 17.9 Å². The molecule has 3 aliphatic rings. The molecule has 4 heterocycles. The van der Waals surface area contributed by atoms with Crippen molar-refractivity contribution >= 4 is 40.8 Å². The van der Waals surface area contributed by atoms with Gasteiger partial charge in [-0.15, -0.1) is 0 Å². The van der Waals surface area contributed by atoms with Gasteiger partial charge in [0.05, 0.1) is 19.3 Å². The summed E-state index contributed by atoms with van der Waals surface area (Å²) in [5.74, 6) is 1.55. The Morgan fingerprint density at radius 2 is 1.65 bits per heavy atom. The van der Waals surface area contributed by atoms with Crippen LogP contribution in [-0.4, -0.2) is 108 Å². The van der Waals surface area contributed by atoms with Gasteiger partial charge in [-0.3, -0.25) is 14.6 Å². The molecule has 0 unspecified atom stereocenters. The Morgan fingerprint density at radius 3 is 2.27 bits per heavy atom. The van der Waals surface area contributed by atoms with E-state index in [2.05, 4.69) is 51.3 Å². The van der Waals surface area contributed by atoms with Crippen LogP contribution < -0.4 is 19.9 Å². The molecular formula is C39H51N9O3. The maximum Gasteiger partial charge on any atom is 0.335 e. The first-order valence-electron chi connectivity index (χ1n) is 17.8. The van der Waals surface area contributed by atoms with Crippen molar-refractivity contribution in [2.24, 2.45) is 0 Å². The number of carbonyl (C=O) groups is 2. The highest BCUT2D eigenvalue weighted by atomic mass is 16.5. The molecule has 0 saturated carbocycles. The van der Waals surface area contributed by atoms with Gasteiger partial charge in [-0.05, 0) is 70.1 Å². The summed E-state index contributed by atoms with van der Waals surface area (Å²) in [7, 11) is 3.79. The minimum absolute atomic E-state index is 0.0902. The van der Waals surface area contributed by atoms with E-state index in [4.69, 9.17) is 14.7 Å². The Balaban J connectivity index is 1.32. The second kappa shape index (κ2) is 15.5. The Hall–Kier alpha value is -4.94. The van der Waals surface area contributed by atoms with Gasteiger partial charge < -0.3 is 24.8 Å². The lowest BCUT2D eigenvalue weighted by atomic mass is 10.1. The molecule has 6 rings (SSSR count). The molecule has 2 aromatic carbocycles. The van der Waals surface area contributed by atoms with Crippen LogP contribution in [0.15, 0.2) is 71.6 Å². The van der Waals surface area contributed by atoms with Gasteiger partial charge in [0.1, 0.15) is 5.75 Å². The third kappa shape index (κ3) is 7.87. The second-order valence-electron chi connectivity index (χ2n) is 13.8. The van der Waals surface area contributed by atoms with Crippen molar-refractivity contribution < 1.29 is 14.3 Å². The summed E-state index contributed by atoms with van der Waals surface area (Å²) in [6, 6.07) is 14.1. The van der Waals surface area contributed by atoms with E-state index in [9.17, 15) is 9.59 Å². The molecule has 0 aliphatic carbocycles. The first-order valence-corrected chi connectivity index (χ1v) is 17.8. The van der Waals surface area contributed by atoms with Gasteiger partial charge in [0.25, 0.3) is 0 Å². The number of nitrogens with one attached hydrogen (secondary N) is 1. The molecule has 3 aromatic rings. The minimum atomic E-state index is -0.223. The van der Waals surface area contributed by atoms with Gasteiger partial charge in [0.15, 0.2) is 5.82 Å². The van der Waals surface area contributed by atoms with Crippen LogP contribution in [0.25, 0.3) is 0 Å². The van der Waals surface area contributed by atoms with Gasteiger partial charge in [0, 0.05) is 101 Å². The van der Waals surface area contributed by atoms with Crippen molar-refractivity contribution in [3.63, 3.8) is 0 Å². The Bertz CT molecular complexity index is 1800. The number of benzene rings is 2. The molecular weight excluding hydrogens is 642 g/mol. The summed E-state index contributed by atoms with van der Waals surface area (Å²) in [4.78, 5) is 48.7. The molecule has 0 spiro atoms. The fraction of sp³-hybridized carbons (Fsp3) is 0.436. The first kappa shape index (κ1) is 35.9. The first-order chi connectivity index (χ1) is 24.6. The van der Waals surface area contributed by atoms with E-state index in [-0.39, 0.29) is 11.9 Å². The maximum absolute atomic E-state index is 14.7. The number of aromatic nitrogens is 2. The predicted molar refractivity (Wildman–Crippen MR) is 203 cm³/mol. The number of fused-ring (bicyclic) bond motifs is 1. The summed E-state index contributed by atoms with van der Waals surface area (Å²) in [6.45, 7) is 18.0. The zero-order valence-electron chi connectivity index (χ0n) is 31.1.